The summed E-state index contributed by atoms with van der Waals surface area (Å²) in [6.45, 7) is 7.40. The summed E-state index contributed by atoms with van der Waals surface area (Å²) in [6.07, 6.45) is 4.40. The van der Waals surface area contributed by atoms with Crippen molar-refractivity contribution in [3.05, 3.63) is 64.4 Å². The van der Waals surface area contributed by atoms with Gasteiger partial charge in [-0.15, -0.1) is 11.3 Å². The summed E-state index contributed by atoms with van der Waals surface area (Å²) in [6, 6.07) is 14.6. The molecule has 0 unspecified atom stereocenters. The van der Waals surface area contributed by atoms with Crippen LogP contribution in [0.25, 0.3) is 6.08 Å². The molecule has 1 aliphatic heterocycles. The van der Waals surface area contributed by atoms with Gasteiger partial charge < -0.3 is 5.32 Å². The molecule has 0 aliphatic carbocycles. The number of carbonyl (C=O) groups excluding carboxylic acids is 1. The molecule has 1 aromatic heterocycles. The highest BCUT2D eigenvalue weighted by Crippen LogP contribution is 2.17. The van der Waals surface area contributed by atoms with Gasteiger partial charge in [-0.2, -0.15) is 0 Å². The molecule has 3 rings (SSSR count). The minimum Gasteiger partial charge on any atom is -0.348 e. The van der Waals surface area contributed by atoms with E-state index in [0.29, 0.717) is 6.54 Å². The molecule has 2 aromatic rings. The molecule has 138 valence electrons. The number of rotatable bonds is 7. The molecule has 2 heterocycles. The third kappa shape index (κ3) is 5.80. The molecule has 0 bridgehead atoms. The Balaban J connectivity index is 1.35. The van der Waals surface area contributed by atoms with E-state index in [4.69, 9.17) is 0 Å². The van der Waals surface area contributed by atoms with Crippen LogP contribution in [0.2, 0.25) is 0 Å². The Morgan fingerprint density at radius 3 is 2.54 bits per heavy atom. The molecule has 26 heavy (non-hydrogen) atoms. The molecule has 1 fully saturated rings. The van der Waals surface area contributed by atoms with Gasteiger partial charge >= 0.3 is 0 Å². The fraction of sp³-hybridized carbons (Fsp3) is 0.381. The highest BCUT2D eigenvalue weighted by atomic mass is 32.1. The van der Waals surface area contributed by atoms with E-state index in [2.05, 4.69) is 57.6 Å². The maximum absolute atomic E-state index is 12.3. The number of thiophene rings is 1. The van der Waals surface area contributed by atoms with Crippen LogP contribution in [0.1, 0.15) is 23.4 Å². The van der Waals surface area contributed by atoms with Gasteiger partial charge in [0.05, 0.1) is 12.6 Å². The highest BCUT2D eigenvalue weighted by Gasteiger charge is 2.19. The van der Waals surface area contributed by atoms with Crippen LogP contribution in [0.4, 0.5) is 0 Å². The second-order valence-corrected chi connectivity index (χ2v) is 7.67. The van der Waals surface area contributed by atoms with Crippen LogP contribution in [0, 0.1) is 0 Å². The van der Waals surface area contributed by atoms with Gasteiger partial charge in [0.1, 0.15) is 0 Å². The van der Waals surface area contributed by atoms with E-state index in [1.165, 1.54) is 10.4 Å². The summed E-state index contributed by atoms with van der Waals surface area (Å²) in [4.78, 5) is 18.1. The third-order valence-electron chi connectivity index (χ3n) is 4.65. The Morgan fingerprint density at radius 2 is 1.85 bits per heavy atom. The topological polar surface area (TPSA) is 35.6 Å². The largest absolute Gasteiger partial charge is 0.348 e. The fourth-order valence-electron chi connectivity index (χ4n) is 3.13. The molecule has 1 aromatic carbocycles. The normalized spacial score (nSPS) is 17.4. The van der Waals surface area contributed by atoms with E-state index in [9.17, 15) is 4.79 Å². The quantitative estimate of drug-likeness (QED) is 0.814. The number of amides is 1. The maximum Gasteiger partial charge on any atom is 0.234 e. The van der Waals surface area contributed by atoms with Crippen molar-refractivity contribution in [1.82, 2.24) is 15.1 Å². The summed E-state index contributed by atoms with van der Waals surface area (Å²) >= 11 is 1.68. The average Bonchev–Trinajstić information content (AvgIpc) is 3.19. The molecule has 0 spiro atoms. The van der Waals surface area contributed by atoms with E-state index in [-0.39, 0.29) is 11.9 Å². The maximum atomic E-state index is 12.3. The number of hydrogen-bond acceptors (Lipinski definition) is 4. The van der Waals surface area contributed by atoms with Crippen LogP contribution < -0.4 is 5.32 Å². The SMILES string of the molecule is C[C@H](NC(=O)CN1CCN(C/C=C/c2ccccc2)CC1)c1cccs1. The third-order valence-corrected chi connectivity index (χ3v) is 5.71. The van der Waals surface area contributed by atoms with Gasteiger partial charge in [0, 0.05) is 37.6 Å². The highest BCUT2D eigenvalue weighted by molar-refractivity contribution is 7.10. The van der Waals surface area contributed by atoms with E-state index in [0.717, 1.165) is 32.7 Å². The molecule has 1 amide bonds. The van der Waals surface area contributed by atoms with E-state index >= 15 is 0 Å². The first kappa shape index (κ1) is 18.8. The van der Waals surface area contributed by atoms with Crippen LogP contribution in [0.3, 0.4) is 0 Å². The van der Waals surface area contributed by atoms with Gasteiger partial charge in [-0.1, -0.05) is 48.6 Å². The minimum absolute atomic E-state index is 0.0897. The molecule has 5 heteroatoms. The molecular formula is C21H27N3OS. The lowest BCUT2D eigenvalue weighted by atomic mass is 10.2. The van der Waals surface area contributed by atoms with Crippen LogP contribution in [0.5, 0.6) is 0 Å². The monoisotopic (exact) mass is 369 g/mol. The van der Waals surface area contributed by atoms with Crippen molar-refractivity contribution in [2.24, 2.45) is 0 Å². The second-order valence-electron chi connectivity index (χ2n) is 6.69. The van der Waals surface area contributed by atoms with Crippen LogP contribution >= 0.6 is 11.3 Å². The van der Waals surface area contributed by atoms with Crippen molar-refractivity contribution >= 4 is 23.3 Å². The van der Waals surface area contributed by atoms with Crippen molar-refractivity contribution in [2.75, 3.05) is 39.3 Å². The van der Waals surface area contributed by atoms with E-state index in [1.54, 1.807) is 11.3 Å². The van der Waals surface area contributed by atoms with Crippen molar-refractivity contribution in [1.29, 1.82) is 0 Å². The predicted octanol–water partition coefficient (Wildman–Crippen LogP) is 3.26. The van der Waals surface area contributed by atoms with Gasteiger partial charge in [-0.25, -0.2) is 0 Å². The van der Waals surface area contributed by atoms with Crippen molar-refractivity contribution in [3.63, 3.8) is 0 Å². The lowest BCUT2D eigenvalue weighted by Gasteiger charge is -2.33. The molecule has 1 saturated heterocycles. The lowest BCUT2D eigenvalue weighted by Crippen LogP contribution is -2.49. The Kier molecular flexibility index (Phi) is 7.00. The fourth-order valence-corrected chi connectivity index (χ4v) is 3.87. The van der Waals surface area contributed by atoms with Crippen molar-refractivity contribution in [2.45, 2.75) is 13.0 Å². The zero-order chi connectivity index (χ0) is 18.2. The first-order chi connectivity index (χ1) is 12.7. The lowest BCUT2D eigenvalue weighted by molar-refractivity contribution is -0.123. The van der Waals surface area contributed by atoms with Gasteiger partial charge in [0.25, 0.3) is 0 Å². The predicted molar refractivity (Wildman–Crippen MR) is 109 cm³/mol. The van der Waals surface area contributed by atoms with E-state index in [1.807, 2.05) is 24.4 Å². The minimum atomic E-state index is 0.0897. The van der Waals surface area contributed by atoms with Gasteiger partial charge in [0.15, 0.2) is 0 Å². The molecule has 1 atom stereocenters. The van der Waals surface area contributed by atoms with Crippen LogP contribution in [-0.2, 0) is 4.79 Å². The van der Waals surface area contributed by atoms with Gasteiger partial charge in [-0.05, 0) is 23.9 Å². The number of nitrogens with zero attached hydrogens (tertiary/aromatic N) is 2. The van der Waals surface area contributed by atoms with Gasteiger partial charge in [0.2, 0.25) is 5.91 Å². The number of carbonyl (C=O) groups is 1. The number of benzene rings is 1. The second kappa shape index (κ2) is 9.67. The van der Waals surface area contributed by atoms with Crippen LogP contribution in [-0.4, -0.2) is 55.0 Å². The number of hydrogen-bond donors (Lipinski definition) is 1. The molecule has 1 N–H and O–H groups in total. The molecule has 0 saturated carbocycles. The Labute approximate surface area is 160 Å². The summed E-state index contributed by atoms with van der Waals surface area (Å²) in [7, 11) is 0. The standard InChI is InChI=1S/C21H27N3OS/c1-18(20-10-6-16-26-20)22-21(25)17-24-14-12-23(13-15-24)11-5-9-19-7-3-2-4-8-19/h2-10,16,18H,11-15,17H2,1H3,(H,22,25)/b9-5+/t18-/m0/s1. The molecule has 0 radical (unpaired) electrons. The van der Waals surface area contributed by atoms with E-state index < -0.39 is 0 Å². The summed E-state index contributed by atoms with van der Waals surface area (Å²) < 4.78 is 0. The van der Waals surface area contributed by atoms with Crippen molar-refractivity contribution in [3.8, 4) is 0 Å². The molecular weight excluding hydrogens is 342 g/mol. The first-order valence-corrected chi connectivity index (χ1v) is 10.1. The number of nitrogens with one attached hydrogen (secondary N) is 1. The molecule has 4 nitrogen and oxygen atoms in total. The van der Waals surface area contributed by atoms with Crippen LogP contribution in [0.15, 0.2) is 53.9 Å². The summed E-state index contributed by atoms with van der Waals surface area (Å²) in [5, 5.41) is 5.14. The Morgan fingerprint density at radius 1 is 1.12 bits per heavy atom. The Hall–Kier alpha value is -1.95. The first-order valence-electron chi connectivity index (χ1n) is 9.20. The summed E-state index contributed by atoms with van der Waals surface area (Å²) in [5.74, 6) is 0.114. The zero-order valence-electron chi connectivity index (χ0n) is 15.3. The molecule has 1 aliphatic rings. The summed E-state index contributed by atoms with van der Waals surface area (Å²) in [5.41, 5.74) is 1.24. The Bertz CT molecular complexity index is 691. The zero-order valence-corrected chi connectivity index (χ0v) is 16.1. The smallest absolute Gasteiger partial charge is 0.234 e. The average molecular weight is 370 g/mol. The van der Waals surface area contributed by atoms with Crippen molar-refractivity contribution < 1.29 is 4.79 Å². The van der Waals surface area contributed by atoms with Gasteiger partial charge in [-0.3, -0.25) is 14.6 Å². The number of piperazine rings is 1.